The zero-order valence-electron chi connectivity index (χ0n) is 20.3. The second-order valence-corrected chi connectivity index (χ2v) is 9.90. The summed E-state index contributed by atoms with van der Waals surface area (Å²) in [7, 11) is 1.63. The van der Waals surface area contributed by atoms with E-state index in [1.165, 1.54) is 0 Å². The predicted molar refractivity (Wildman–Crippen MR) is 138 cm³/mol. The molecule has 0 amide bonds. The molecule has 7 heteroatoms. The lowest BCUT2D eigenvalue weighted by atomic mass is 9.71. The zero-order chi connectivity index (χ0) is 25.3. The number of hydrogen-bond acceptors (Lipinski definition) is 5. The molecule has 35 heavy (non-hydrogen) atoms. The highest BCUT2D eigenvalue weighted by Crippen LogP contribution is 2.46. The summed E-state index contributed by atoms with van der Waals surface area (Å²) in [4.78, 5) is 27.0. The Labute approximate surface area is 216 Å². The number of rotatable bonds is 6. The quantitative estimate of drug-likeness (QED) is 0.435. The number of halogens is 2. The van der Waals surface area contributed by atoms with Crippen LogP contribution in [0.4, 0.5) is 0 Å². The van der Waals surface area contributed by atoms with E-state index in [4.69, 9.17) is 32.7 Å². The summed E-state index contributed by atoms with van der Waals surface area (Å²) in [5.41, 5.74) is 4.34. The number of esters is 1. The van der Waals surface area contributed by atoms with E-state index in [1.54, 1.807) is 19.2 Å². The molecule has 5 nitrogen and oxygen atoms in total. The number of ketones is 1. The van der Waals surface area contributed by atoms with Gasteiger partial charge in [-0.05, 0) is 68.0 Å². The molecule has 1 N–H and O–H groups in total. The first-order valence-corrected chi connectivity index (χ1v) is 12.5. The van der Waals surface area contributed by atoms with Crippen molar-refractivity contribution in [3.63, 3.8) is 0 Å². The molecule has 1 heterocycles. The van der Waals surface area contributed by atoms with Gasteiger partial charge in [0.25, 0.3) is 0 Å². The lowest BCUT2D eigenvalue weighted by Gasteiger charge is -2.37. The van der Waals surface area contributed by atoms with E-state index in [2.05, 4.69) is 5.32 Å². The van der Waals surface area contributed by atoms with Gasteiger partial charge in [-0.2, -0.15) is 0 Å². The molecule has 0 spiro atoms. The summed E-state index contributed by atoms with van der Waals surface area (Å²) in [6.45, 7) is 5.66. The number of carbonyl (C=O) groups excluding carboxylic acids is 2. The largest absolute Gasteiger partial charge is 0.497 e. The minimum atomic E-state index is -0.582. The van der Waals surface area contributed by atoms with E-state index in [0.29, 0.717) is 46.2 Å². The van der Waals surface area contributed by atoms with Gasteiger partial charge >= 0.3 is 5.97 Å². The Balaban J connectivity index is 1.77. The van der Waals surface area contributed by atoms with E-state index in [1.807, 2.05) is 51.1 Å². The lowest BCUT2D eigenvalue weighted by molar-refractivity contribution is -0.144. The molecule has 3 atom stereocenters. The number of benzene rings is 2. The van der Waals surface area contributed by atoms with Gasteiger partial charge in [-0.3, -0.25) is 4.79 Å². The maximum absolute atomic E-state index is 13.7. The summed E-state index contributed by atoms with van der Waals surface area (Å²) in [5.74, 6) is -0.221. The third kappa shape index (κ3) is 5.12. The van der Waals surface area contributed by atoms with E-state index in [-0.39, 0.29) is 17.8 Å². The van der Waals surface area contributed by atoms with Gasteiger partial charge < -0.3 is 14.8 Å². The van der Waals surface area contributed by atoms with Crippen LogP contribution in [-0.2, 0) is 14.3 Å². The number of dihydropyridines is 1. The molecule has 0 saturated heterocycles. The molecule has 0 unspecified atom stereocenters. The molecule has 4 rings (SSSR count). The number of carbonyl (C=O) groups is 2. The van der Waals surface area contributed by atoms with E-state index in [0.717, 1.165) is 22.6 Å². The fourth-order valence-corrected chi connectivity index (χ4v) is 5.08. The van der Waals surface area contributed by atoms with Gasteiger partial charge in [-0.1, -0.05) is 48.3 Å². The van der Waals surface area contributed by atoms with Gasteiger partial charge in [0.15, 0.2) is 5.78 Å². The Morgan fingerprint density at radius 2 is 1.77 bits per heavy atom. The lowest BCUT2D eigenvalue weighted by Crippen LogP contribution is -2.36. The molecular formula is C28H29Cl2NO4. The van der Waals surface area contributed by atoms with Crippen LogP contribution in [0.25, 0.3) is 0 Å². The Kier molecular flexibility index (Phi) is 7.58. The molecule has 0 bridgehead atoms. The normalized spacial score (nSPS) is 20.8. The molecule has 2 aromatic carbocycles. The molecule has 2 aromatic rings. The summed E-state index contributed by atoms with van der Waals surface area (Å²) in [6.07, 6.45) is 1.45. The minimum absolute atomic E-state index is 0.00280. The van der Waals surface area contributed by atoms with E-state index >= 15 is 0 Å². The molecular weight excluding hydrogens is 485 g/mol. The first kappa shape index (κ1) is 25.3. The highest BCUT2D eigenvalue weighted by Gasteiger charge is 2.41. The van der Waals surface area contributed by atoms with Gasteiger partial charge in [-0.15, -0.1) is 0 Å². The third-order valence-corrected chi connectivity index (χ3v) is 7.53. The second kappa shape index (κ2) is 10.5. The highest BCUT2D eigenvalue weighted by molar-refractivity contribution is 6.42. The van der Waals surface area contributed by atoms with Gasteiger partial charge in [0.1, 0.15) is 5.75 Å². The van der Waals surface area contributed by atoms with Crippen LogP contribution in [0.2, 0.25) is 10.0 Å². The van der Waals surface area contributed by atoms with Gasteiger partial charge in [0.2, 0.25) is 0 Å². The van der Waals surface area contributed by atoms with Crippen LogP contribution in [0.3, 0.4) is 0 Å². The van der Waals surface area contributed by atoms with Crippen LogP contribution < -0.4 is 10.1 Å². The van der Waals surface area contributed by atoms with Crippen LogP contribution in [0.15, 0.2) is 65.0 Å². The van der Waals surface area contributed by atoms with E-state index < -0.39 is 11.9 Å². The standard InChI is InChI=1S/C28H29Cl2NO4/c1-5-15(2)35-28(33)25-16(3)31-23-13-19(17-6-9-20(34-4)10-7-17)14-24(32)27(23)26(25)18-8-11-21(29)22(30)12-18/h6-12,15,19,26,31H,5,13-14H2,1-4H3/t15-,19-,26+/m1/s1. The zero-order valence-corrected chi connectivity index (χ0v) is 21.8. The summed E-state index contributed by atoms with van der Waals surface area (Å²) in [5, 5.41) is 4.16. The molecule has 1 aliphatic carbocycles. The Morgan fingerprint density at radius 3 is 2.40 bits per heavy atom. The predicted octanol–water partition coefficient (Wildman–Crippen LogP) is 6.71. The molecule has 1 aliphatic heterocycles. The number of nitrogens with one attached hydrogen (secondary N) is 1. The van der Waals surface area contributed by atoms with Crippen LogP contribution in [0, 0.1) is 0 Å². The van der Waals surface area contributed by atoms with Crippen molar-refractivity contribution >= 4 is 35.0 Å². The maximum atomic E-state index is 13.7. The van der Waals surface area contributed by atoms with Crippen LogP contribution >= 0.6 is 23.2 Å². The van der Waals surface area contributed by atoms with Crippen molar-refractivity contribution in [3.05, 3.63) is 86.2 Å². The van der Waals surface area contributed by atoms with Gasteiger partial charge in [-0.25, -0.2) is 4.79 Å². The number of ether oxygens (including phenoxy) is 2. The fraction of sp³-hybridized carbons (Fsp3) is 0.357. The summed E-state index contributed by atoms with van der Waals surface area (Å²) in [6, 6.07) is 13.1. The van der Waals surface area contributed by atoms with Crippen molar-refractivity contribution < 1.29 is 19.1 Å². The number of hydrogen-bond donors (Lipinski definition) is 1. The highest BCUT2D eigenvalue weighted by atomic mass is 35.5. The Bertz CT molecular complexity index is 1220. The molecule has 0 saturated carbocycles. The summed E-state index contributed by atoms with van der Waals surface area (Å²) >= 11 is 12.5. The maximum Gasteiger partial charge on any atom is 0.337 e. The van der Waals surface area contributed by atoms with Crippen molar-refractivity contribution in [2.45, 2.75) is 58.0 Å². The van der Waals surface area contributed by atoms with Crippen molar-refractivity contribution in [1.82, 2.24) is 5.32 Å². The first-order valence-electron chi connectivity index (χ1n) is 11.8. The van der Waals surface area contributed by atoms with Gasteiger partial charge in [0.05, 0.1) is 28.8 Å². The van der Waals surface area contributed by atoms with Crippen LogP contribution in [0.1, 0.15) is 63.0 Å². The van der Waals surface area contributed by atoms with Crippen LogP contribution in [-0.4, -0.2) is 25.0 Å². The monoisotopic (exact) mass is 513 g/mol. The molecule has 0 radical (unpaired) electrons. The van der Waals surface area contributed by atoms with E-state index in [9.17, 15) is 9.59 Å². The minimum Gasteiger partial charge on any atom is -0.497 e. The number of allylic oxidation sites excluding steroid dienone is 3. The smallest absolute Gasteiger partial charge is 0.337 e. The van der Waals surface area contributed by atoms with Crippen molar-refractivity contribution in [3.8, 4) is 5.75 Å². The SMILES string of the molecule is CC[C@@H](C)OC(=O)C1=C(C)NC2=C(C(=O)C[C@H](c3ccc(OC)cc3)C2)[C@H]1c1ccc(Cl)c(Cl)c1. The fourth-order valence-electron chi connectivity index (χ4n) is 4.78. The molecule has 184 valence electrons. The molecule has 0 aromatic heterocycles. The Hall–Kier alpha value is -2.76. The topological polar surface area (TPSA) is 64.6 Å². The third-order valence-electron chi connectivity index (χ3n) is 6.79. The first-order chi connectivity index (χ1) is 16.7. The second-order valence-electron chi connectivity index (χ2n) is 9.09. The van der Waals surface area contributed by atoms with Crippen molar-refractivity contribution in [1.29, 1.82) is 0 Å². The number of methoxy groups -OCH3 is 1. The summed E-state index contributed by atoms with van der Waals surface area (Å²) < 4.78 is 11.0. The molecule has 2 aliphatic rings. The molecule has 0 fully saturated rings. The van der Waals surface area contributed by atoms with Crippen molar-refractivity contribution in [2.24, 2.45) is 0 Å². The average molecular weight is 514 g/mol. The Morgan fingerprint density at radius 1 is 1.09 bits per heavy atom. The number of Topliss-reactive ketones (excluding diaryl/α,β-unsaturated/α-hetero) is 1. The average Bonchev–Trinajstić information content (AvgIpc) is 2.84. The van der Waals surface area contributed by atoms with Gasteiger partial charge in [0, 0.05) is 29.3 Å². The van der Waals surface area contributed by atoms with Crippen LogP contribution in [0.5, 0.6) is 5.75 Å². The van der Waals surface area contributed by atoms with Crippen molar-refractivity contribution in [2.75, 3.05) is 7.11 Å².